The summed E-state index contributed by atoms with van der Waals surface area (Å²) in [4.78, 5) is 0. The van der Waals surface area contributed by atoms with Gasteiger partial charge in [0.15, 0.2) is 0 Å². The molecule has 0 aromatic heterocycles. The van der Waals surface area contributed by atoms with Gasteiger partial charge in [0.25, 0.3) is 0 Å². The Bertz CT molecular complexity index is 370. The average molecular weight is 239 g/mol. The van der Waals surface area contributed by atoms with E-state index in [-0.39, 0.29) is 12.4 Å². The molecule has 1 fully saturated rings. The minimum absolute atomic E-state index is 0.175. The first-order valence-electron chi connectivity index (χ1n) is 5.64. The fourth-order valence-corrected chi connectivity index (χ4v) is 1.56. The van der Waals surface area contributed by atoms with Crippen molar-refractivity contribution in [2.24, 2.45) is 0 Å². The van der Waals surface area contributed by atoms with Gasteiger partial charge in [-0.2, -0.15) is 0 Å². The maximum Gasteiger partial charge on any atom is 0.639 e. The van der Waals surface area contributed by atoms with E-state index >= 15 is 0 Å². The largest absolute Gasteiger partial charge is 0.639 e. The summed E-state index contributed by atoms with van der Waals surface area (Å²) in [5.74, 6) is -0.333. The van der Waals surface area contributed by atoms with Crippen molar-refractivity contribution in [1.29, 1.82) is 0 Å². The third-order valence-electron chi connectivity index (χ3n) is 2.53. The molecule has 4 nitrogen and oxygen atoms in total. The zero-order valence-corrected chi connectivity index (χ0v) is 9.52. The molecule has 17 heavy (non-hydrogen) atoms. The quantitative estimate of drug-likeness (QED) is 0.644. The highest BCUT2D eigenvalue weighted by Gasteiger charge is 2.23. The van der Waals surface area contributed by atoms with Crippen LogP contribution in [0.1, 0.15) is 18.4 Å². The van der Waals surface area contributed by atoms with Crippen LogP contribution in [0.5, 0.6) is 0 Å². The van der Waals surface area contributed by atoms with Crippen LogP contribution in [0.15, 0.2) is 18.2 Å². The van der Waals surface area contributed by atoms with Gasteiger partial charge >= 0.3 is 7.32 Å². The van der Waals surface area contributed by atoms with Crippen LogP contribution in [0.2, 0.25) is 0 Å². The Morgan fingerprint density at radius 2 is 2.00 bits per heavy atom. The van der Waals surface area contributed by atoms with E-state index < -0.39 is 7.32 Å². The molecule has 1 aliphatic heterocycles. The Balaban J connectivity index is 1.89. The van der Waals surface area contributed by atoms with Crippen molar-refractivity contribution >= 4 is 13.0 Å². The van der Waals surface area contributed by atoms with Crippen LogP contribution in [0.4, 0.5) is 10.1 Å². The topological polar surface area (TPSA) is 53.7 Å². The monoisotopic (exact) mass is 239 g/mol. The van der Waals surface area contributed by atoms with Gasteiger partial charge in [0.1, 0.15) is 5.82 Å². The number of benzene rings is 1. The molecule has 2 N–H and O–H groups in total. The fourth-order valence-electron chi connectivity index (χ4n) is 1.56. The lowest BCUT2D eigenvalue weighted by atomic mass is 10.1. The molecule has 1 aromatic rings. The number of nitrogen functional groups attached to an aromatic ring is 1. The number of halogens is 1. The molecular formula is C11H15BFNO3. The van der Waals surface area contributed by atoms with Crippen LogP contribution in [0, 0.1) is 5.82 Å². The number of anilines is 1. The number of rotatable bonds is 3. The van der Waals surface area contributed by atoms with E-state index in [4.69, 9.17) is 19.7 Å². The molecule has 0 radical (unpaired) electrons. The van der Waals surface area contributed by atoms with E-state index in [1.165, 1.54) is 18.2 Å². The zero-order chi connectivity index (χ0) is 12.1. The SMILES string of the molecule is Nc1ccc(F)cc1COB1OCCCCO1. The van der Waals surface area contributed by atoms with Crippen LogP contribution < -0.4 is 5.73 Å². The van der Waals surface area contributed by atoms with Gasteiger partial charge in [0.2, 0.25) is 0 Å². The Labute approximate surface area is 100 Å². The van der Waals surface area contributed by atoms with Crippen LogP contribution in [-0.4, -0.2) is 20.5 Å². The van der Waals surface area contributed by atoms with Gasteiger partial charge in [0.05, 0.1) is 6.61 Å². The predicted molar refractivity (Wildman–Crippen MR) is 62.5 cm³/mol. The maximum absolute atomic E-state index is 13.0. The normalized spacial score (nSPS) is 16.9. The molecule has 92 valence electrons. The first-order valence-corrected chi connectivity index (χ1v) is 5.64. The summed E-state index contributed by atoms with van der Waals surface area (Å²) in [5, 5.41) is 0. The van der Waals surface area contributed by atoms with E-state index in [1.54, 1.807) is 0 Å². The molecule has 1 saturated heterocycles. The molecule has 0 spiro atoms. The van der Waals surface area contributed by atoms with Gasteiger partial charge in [-0.15, -0.1) is 0 Å². The lowest BCUT2D eigenvalue weighted by molar-refractivity contribution is 0.107. The molecule has 0 unspecified atom stereocenters. The van der Waals surface area contributed by atoms with Crippen LogP contribution in [0.25, 0.3) is 0 Å². The zero-order valence-electron chi connectivity index (χ0n) is 9.52. The summed E-state index contributed by atoms with van der Waals surface area (Å²) in [7, 11) is -0.680. The van der Waals surface area contributed by atoms with Gasteiger partial charge in [-0.3, -0.25) is 0 Å². The van der Waals surface area contributed by atoms with Gasteiger partial charge in [-0.1, -0.05) is 0 Å². The van der Waals surface area contributed by atoms with E-state index in [0.29, 0.717) is 24.5 Å². The smallest absolute Gasteiger partial charge is 0.398 e. The Morgan fingerprint density at radius 1 is 1.29 bits per heavy atom. The van der Waals surface area contributed by atoms with Crippen molar-refractivity contribution in [1.82, 2.24) is 0 Å². The van der Waals surface area contributed by atoms with E-state index in [2.05, 4.69) is 0 Å². The summed E-state index contributed by atoms with van der Waals surface area (Å²) < 4.78 is 29.0. The van der Waals surface area contributed by atoms with E-state index in [9.17, 15) is 4.39 Å². The summed E-state index contributed by atoms with van der Waals surface area (Å²) in [6, 6.07) is 4.19. The van der Waals surface area contributed by atoms with Crippen molar-refractivity contribution in [3.05, 3.63) is 29.6 Å². The van der Waals surface area contributed by atoms with Gasteiger partial charge in [-0.05, 0) is 31.0 Å². The fraction of sp³-hybridized carbons (Fsp3) is 0.455. The standard InChI is InChI=1S/C11H15BFNO3/c13-10-3-4-11(14)9(7-10)8-17-12-15-5-1-2-6-16-12/h3-4,7H,1-2,5-6,8,14H2. The predicted octanol–water partition coefficient (Wildman–Crippen LogP) is 1.74. The van der Waals surface area contributed by atoms with Gasteiger partial charge < -0.3 is 19.7 Å². The summed E-state index contributed by atoms with van der Waals surface area (Å²) in [5.41, 5.74) is 6.81. The second kappa shape index (κ2) is 6.00. The van der Waals surface area contributed by atoms with Crippen molar-refractivity contribution in [3.63, 3.8) is 0 Å². The third kappa shape index (κ3) is 3.69. The summed E-state index contributed by atoms with van der Waals surface area (Å²) >= 11 is 0. The molecule has 1 heterocycles. The lowest BCUT2D eigenvalue weighted by Gasteiger charge is -2.12. The van der Waals surface area contributed by atoms with E-state index in [0.717, 1.165) is 12.8 Å². The Kier molecular flexibility index (Phi) is 4.36. The molecule has 0 bridgehead atoms. The highest BCUT2D eigenvalue weighted by Crippen LogP contribution is 2.15. The van der Waals surface area contributed by atoms with Gasteiger partial charge in [-0.25, -0.2) is 4.39 Å². The van der Waals surface area contributed by atoms with Crippen LogP contribution in [0.3, 0.4) is 0 Å². The molecule has 6 heteroatoms. The minimum Gasteiger partial charge on any atom is -0.398 e. The minimum atomic E-state index is -0.680. The molecule has 1 aromatic carbocycles. The molecule has 0 amide bonds. The molecule has 0 aliphatic carbocycles. The molecule has 1 aliphatic rings. The van der Waals surface area contributed by atoms with Crippen molar-refractivity contribution in [2.45, 2.75) is 19.4 Å². The average Bonchev–Trinajstić information content (AvgIpc) is 2.59. The molecular weight excluding hydrogens is 224 g/mol. The Hall–Kier alpha value is -1.11. The lowest BCUT2D eigenvalue weighted by Crippen LogP contribution is -2.26. The molecule has 0 saturated carbocycles. The van der Waals surface area contributed by atoms with Gasteiger partial charge in [0, 0.05) is 24.5 Å². The second-order valence-electron chi connectivity index (χ2n) is 3.89. The van der Waals surface area contributed by atoms with Crippen molar-refractivity contribution < 1.29 is 18.4 Å². The molecule has 2 rings (SSSR count). The molecule has 0 atom stereocenters. The number of hydrogen-bond donors (Lipinski definition) is 1. The summed E-state index contributed by atoms with van der Waals surface area (Å²) in [6.45, 7) is 1.40. The third-order valence-corrected chi connectivity index (χ3v) is 2.53. The summed E-state index contributed by atoms with van der Waals surface area (Å²) in [6.07, 6.45) is 1.92. The highest BCUT2D eigenvalue weighted by atomic mass is 19.1. The first-order chi connectivity index (χ1) is 8.25. The highest BCUT2D eigenvalue weighted by molar-refractivity contribution is 6.36. The van der Waals surface area contributed by atoms with Crippen molar-refractivity contribution in [2.75, 3.05) is 18.9 Å². The van der Waals surface area contributed by atoms with Crippen LogP contribution in [-0.2, 0) is 20.6 Å². The number of hydrogen-bond acceptors (Lipinski definition) is 4. The maximum atomic E-state index is 13.0. The Morgan fingerprint density at radius 3 is 2.71 bits per heavy atom. The van der Waals surface area contributed by atoms with Crippen LogP contribution >= 0.6 is 0 Å². The number of nitrogens with two attached hydrogens (primary N) is 1. The second-order valence-corrected chi connectivity index (χ2v) is 3.89. The van der Waals surface area contributed by atoms with Crippen molar-refractivity contribution in [3.8, 4) is 0 Å². The van der Waals surface area contributed by atoms with E-state index in [1.807, 2.05) is 0 Å². The first kappa shape index (κ1) is 12.4.